The quantitative estimate of drug-likeness (QED) is 0.815. The molecule has 2 rings (SSSR count). The number of hydroxylamine groups is 1. The van der Waals surface area contributed by atoms with E-state index in [0.29, 0.717) is 0 Å². The van der Waals surface area contributed by atoms with Gasteiger partial charge in [-0.3, -0.25) is 9.63 Å². The van der Waals surface area contributed by atoms with E-state index in [1.54, 1.807) is 12.1 Å². The number of rotatable bonds is 4. The van der Waals surface area contributed by atoms with Gasteiger partial charge in [-0.2, -0.15) is 0 Å². The van der Waals surface area contributed by atoms with Gasteiger partial charge in [-0.15, -0.1) is 0 Å². The lowest BCUT2D eigenvalue weighted by Crippen LogP contribution is -2.36. The zero-order valence-electron chi connectivity index (χ0n) is 10.8. The van der Waals surface area contributed by atoms with Crippen molar-refractivity contribution in [1.29, 1.82) is 0 Å². The second-order valence-electron chi connectivity index (χ2n) is 4.98. The number of hydrogen-bond acceptors (Lipinski definition) is 3. The van der Waals surface area contributed by atoms with Gasteiger partial charge in [0.2, 0.25) is 5.91 Å². The smallest absolute Gasteiger partial charge is 0.247 e. The first-order valence-electron chi connectivity index (χ1n) is 6.58. The van der Waals surface area contributed by atoms with E-state index in [9.17, 15) is 9.18 Å². The first-order valence-corrected chi connectivity index (χ1v) is 6.58. The van der Waals surface area contributed by atoms with E-state index in [1.807, 2.05) is 0 Å². The third-order valence-corrected chi connectivity index (χ3v) is 3.34. The molecule has 1 fully saturated rings. The molecule has 0 aliphatic heterocycles. The van der Waals surface area contributed by atoms with Crippen molar-refractivity contribution in [3.63, 3.8) is 0 Å². The molecule has 0 aromatic heterocycles. The molecule has 0 unspecified atom stereocenters. The van der Waals surface area contributed by atoms with Gasteiger partial charge < -0.3 is 5.73 Å². The molecule has 0 atom stereocenters. The summed E-state index contributed by atoms with van der Waals surface area (Å²) in [4.78, 5) is 17.0. The van der Waals surface area contributed by atoms with Gasteiger partial charge in [-0.1, -0.05) is 12.1 Å². The monoisotopic (exact) mass is 266 g/mol. The number of halogens is 1. The summed E-state index contributed by atoms with van der Waals surface area (Å²) in [5, 5.41) is 0. The van der Waals surface area contributed by atoms with Crippen molar-refractivity contribution in [3.05, 3.63) is 35.6 Å². The first-order chi connectivity index (χ1) is 9.13. The van der Waals surface area contributed by atoms with Gasteiger partial charge in [0, 0.05) is 6.04 Å². The summed E-state index contributed by atoms with van der Waals surface area (Å²) in [6.45, 7) is 0. The summed E-state index contributed by atoms with van der Waals surface area (Å²) in [7, 11) is 0. The minimum atomic E-state index is -0.307. The molecule has 1 aromatic carbocycles. The highest BCUT2D eigenvalue weighted by atomic mass is 19.1. The lowest BCUT2D eigenvalue weighted by Gasteiger charge is -2.25. The Morgan fingerprint density at radius 3 is 2.53 bits per heavy atom. The summed E-state index contributed by atoms with van der Waals surface area (Å²) < 4.78 is 12.7. The third-order valence-electron chi connectivity index (χ3n) is 3.34. The minimum absolute atomic E-state index is 0.0527. The molecule has 104 valence electrons. The van der Waals surface area contributed by atoms with Crippen molar-refractivity contribution in [2.24, 2.45) is 5.73 Å². The van der Waals surface area contributed by atoms with Crippen LogP contribution in [-0.2, 0) is 16.1 Å². The Balaban J connectivity index is 1.71. The standard InChI is InChI=1S/C14H19FN2O2/c15-11-3-1-10(2-4-11)9-14(18)17-19-13-7-5-12(16)6-8-13/h1-4,12-13H,5-9,16H2,(H,17,18). The van der Waals surface area contributed by atoms with Gasteiger partial charge in [0.25, 0.3) is 0 Å². The van der Waals surface area contributed by atoms with Crippen LogP contribution in [-0.4, -0.2) is 18.1 Å². The number of nitrogens with one attached hydrogen (secondary N) is 1. The number of hydrogen-bond donors (Lipinski definition) is 2. The molecule has 0 bridgehead atoms. The van der Waals surface area contributed by atoms with E-state index in [-0.39, 0.29) is 30.3 Å². The Labute approximate surface area is 112 Å². The Hall–Kier alpha value is -1.46. The highest BCUT2D eigenvalue weighted by molar-refractivity contribution is 5.77. The molecule has 1 aliphatic carbocycles. The maximum atomic E-state index is 12.7. The highest BCUT2D eigenvalue weighted by Crippen LogP contribution is 2.18. The van der Waals surface area contributed by atoms with Crippen LogP contribution >= 0.6 is 0 Å². The van der Waals surface area contributed by atoms with Crippen molar-refractivity contribution >= 4 is 5.91 Å². The zero-order valence-corrected chi connectivity index (χ0v) is 10.8. The average molecular weight is 266 g/mol. The van der Waals surface area contributed by atoms with E-state index in [0.717, 1.165) is 31.2 Å². The Kier molecular flexibility index (Phi) is 4.87. The zero-order chi connectivity index (χ0) is 13.7. The van der Waals surface area contributed by atoms with Crippen molar-refractivity contribution in [1.82, 2.24) is 5.48 Å². The van der Waals surface area contributed by atoms with E-state index >= 15 is 0 Å². The first kappa shape index (κ1) is 14.0. The fraction of sp³-hybridized carbons (Fsp3) is 0.500. The number of benzene rings is 1. The van der Waals surface area contributed by atoms with Crippen LogP contribution in [0.25, 0.3) is 0 Å². The average Bonchev–Trinajstić information content (AvgIpc) is 2.41. The molecule has 0 radical (unpaired) electrons. The maximum Gasteiger partial charge on any atom is 0.247 e. The fourth-order valence-corrected chi connectivity index (χ4v) is 2.18. The van der Waals surface area contributed by atoms with Gasteiger partial charge in [0.15, 0.2) is 0 Å². The molecule has 3 N–H and O–H groups in total. The Morgan fingerprint density at radius 1 is 1.26 bits per heavy atom. The predicted molar refractivity (Wildman–Crippen MR) is 69.6 cm³/mol. The van der Waals surface area contributed by atoms with Crippen molar-refractivity contribution in [2.45, 2.75) is 44.2 Å². The van der Waals surface area contributed by atoms with Gasteiger partial charge in [0.05, 0.1) is 12.5 Å². The molecular weight excluding hydrogens is 247 g/mol. The van der Waals surface area contributed by atoms with Gasteiger partial charge >= 0.3 is 0 Å². The van der Waals surface area contributed by atoms with Crippen LogP contribution in [0.3, 0.4) is 0 Å². The molecule has 1 aliphatic rings. The van der Waals surface area contributed by atoms with Crippen LogP contribution in [0.1, 0.15) is 31.2 Å². The van der Waals surface area contributed by atoms with Gasteiger partial charge in [-0.25, -0.2) is 9.87 Å². The van der Waals surface area contributed by atoms with Gasteiger partial charge in [0.1, 0.15) is 5.82 Å². The SMILES string of the molecule is NC1CCC(ONC(=O)Cc2ccc(F)cc2)CC1. The maximum absolute atomic E-state index is 12.7. The topological polar surface area (TPSA) is 64.3 Å². The number of carbonyl (C=O) groups excluding carboxylic acids is 1. The van der Waals surface area contributed by atoms with E-state index in [1.165, 1.54) is 12.1 Å². The normalized spacial score (nSPS) is 23.1. The second kappa shape index (κ2) is 6.63. The predicted octanol–water partition coefficient (Wildman–Crippen LogP) is 1.69. The van der Waals surface area contributed by atoms with Crippen LogP contribution in [0, 0.1) is 5.82 Å². The molecule has 0 spiro atoms. The van der Waals surface area contributed by atoms with Crippen molar-refractivity contribution in [3.8, 4) is 0 Å². The number of nitrogens with two attached hydrogens (primary N) is 1. The summed E-state index contributed by atoms with van der Waals surface area (Å²) in [6.07, 6.45) is 3.84. The molecule has 1 saturated carbocycles. The number of carbonyl (C=O) groups is 1. The molecule has 0 saturated heterocycles. The molecule has 1 aromatic rings. The van der Waals surface area contributed by atoms with E-state index in [4.69, 9.17) is 10.6 Å². The molecule has 4 nitrogen and oxygen atoms in total. The third kappa shape index (κ3) is 4.61. The lowest BCUT2D eigenvalue weighted by molar-refractivity contribution is -0.139. The van der Waals surface area contributed by atoms with E-state index < -0.39 is 0 Å². The van der Waals surface area contributed by atoms with E-state index in [2.05, 4.69) is 5.48 Å². The molecule has 0 heterocycles. The lowest BCUT2D eigenvalue weighted by atomic mass is 9.94. The minimum Gasteiger partial charge on any atom is -0.328 e. The van der Waals surface area contributed by atoms with Crippen molar-refractivity contribution < 1.29 is 14.0 Å². The second-order valence-corrected chi connectivity index (χ2v) is 4.98. The molecule has 19 heavy (non-hydrogen) atoms. The summed E-state index contributed by atoms with van der Waals surface area (Å²) in [5.41, 5.74) is 9.01. The number of amides is 1. The largest absolute Gasteiger partial charge is 0.328 e. The summed E-state index contributed by atoms with van der Waals surface area (Å²) in [6, 6.07) is 6.12. The summed E-state index contributed by atoms with van der Waals surface area (Å²) >= 11 is 0. The fourth-order valence-electron chi connectivity index (χ4n) is 2.18. The van der Waals surface area contributed by atoms with Crippen LogP contribution in [0.5, 0.6) is 0 Å². The molecule has 1 amide bonds. The van der Waals surface area contributed by atoms with Crippen molar-refractivity contribution in [2.75, 3.05) is 0 Å². The van der Waals surface area contributed by atoms with Crippen LogP contribution in [0.4, 0.5) is 4.39 Å². The van der Waals surface area contributed by atoms with Gasteiger partial charge in [-0.05, 0) is 43.4 Å². The molecule has 5 heteroatoms. The Bertz CT molecular complexity index is 414. The highest BCUT2D eigenvalue weighted by Gasteiger charge is 2.19. The van der Waals surface area contributed by atoms with Crippen LogP contribution < -0.4 is 11.2 Å². The Morgan fingerprint density at radius 2 is 1.89 bits per heavy atom. The molecular formula is C14H19FN2O2. The van der Waals surface area contributed by atoms with Crippen LogP contribution in [0.15, 0.2) is 24.3 Å². The summed E-state index contributed by atoms with van der Waals surface area (Å²) in [5.74, 6) is -0.527. The van der Waals surface area contributed by atoms with Crippen LogP contribution in [0.2, 0.25) is 0 Å².